The summed E-state index contributed by atoms with van der Waals surface area (Å²) < 4.78 is 69.7. The standard InChI is InChI=1S/C43H52O20/c1-18(2)28(50)27-29-37(9,30(56-20(4)45)24-12-13-54-15-24)31(57-21(5)46)32(58-22(6)47)43-39(17-55-19(3)44)25(14-26(49)53-11)36(8)16-40(39)41(52,34(36)59-23(7)48)35(60-33(27)51)42(29,43)62-38(10,61-40)63-43/h12-13,15,18,25,29-32,34-35,50,52H,14,16-17H2,1-11H3/b28-27+/t25-,29+,30+,31-,32+,34-,35+,36+,37+,38?,39+,40+,41-,42+,43-/m0/s1. The molecular weight excluding hydrogens is 836 g/mol. The zero-order valence-corrected chi connectivity index (χ0v) is 36.7. The lowest BCUT2D eigenvalue weighted by molar-refractivity contribution is -0.497. The molecule has 20 nitrogen and oxygen atoms in total. The van der Waals surface area contributed by atoms with Gasteiger partial charge in [-0.1, -0.05) is 27.7 Å². The predicted octanol–water partition coefficient (Wildman–Crippen LogP) is 2.57. The third kappa shape index (κ3) is 5.08. The van der Waals surface area contributed by atoms with Crippen molar-refractivity contribution in [1.82, 2.24) is 0 Å². The first-order valence-corrected chi connectivity index (χ1v) is 20.6. The SMILES string of the molecule is COC(=O)C[C@H]1[C@@]2(C)C[C@]34OC5(C)O[C@]67[C@H](/C(=C(\O)C(C)C)C(=O)O[C@@H]6[C@@]3(O)[C@H]2OC(C)=O)[C@](C)([C@H](OC(C)=O)c2ccoc2)[C@@H](OC(C)=O)[C@@H](OC(C)=O)[C@]7(O5)[C@]14COC(C)=O. The molecule has 1 aromatic heterocycles. The van der Waals surface area contributed by atoms with E-state index >= 15 is 4.79 Å². The van der Waals surface area contributed by atoms with Crippen LogP contribution >= 0.6 is 0 Å². The van der Waals surface area contributed by atoms with E-state index in [2.05, 4.69) is 0 Å². The number of carbonyl (C=O) groups excluding carboxylic acids is 7. The molecule has 1 aromatic rings. The molecule has 4 aliphatic carbocycles. The Labute approximate surface area is 361 Å². The number of hydrogen-bond donors (Lipinski definition) is 2. The van der Waals surface area contributed by atoms with Crippen molar-refractivity contribution in [3.8, 4) is 0 Å². The maximum atomic E-state index is 15.2. The number of furan rings is 1. The van der Waals surface area contributed by atoms with Gasteiger partial charge in [-0.3, -0.25) is 28.8 Å². The van der Waals surface area contributed by atoms with E-state index in [0.29, 0.717) is 0 Å². The molecule has 63 heavy (non-hydrogen) atoms. The monoisotopic (exact) mass is 888 g/mol. The smallest absolute Gasteiger partial charge is 0.338 e. The normalized spacial score (nSPS) is 44.5. The Bertz CT molecular complexity index is 2230. The molecule has 4 heterocycles. The molecule has 20 heteroatoms. The summed E-state index contributed by atoms with van der Waals surface area (Å²) in [5, 5.41) is 26.5. The van der Waals surface area contributed by atoms with Crippen LogP contribution in [-0.2, 0) is 80.9 Å². The van der Waals surface area contributed by atoms with Crippen LogP contribution in [0.5, 0.6) is 0 Å². The van der Waals surface area contributed by atoms with Crippen molar-refractivity contribution >= 4 is 41.8 Å². The summed E-state index contributed by atoms with van der Waals surface area (Å²) in [6.45, 7) is 12.1. The Kier molecular flexibility index (Phi) is 9.71. The first-order valence-electron chi connectivity index (χ1n) is 20.6. The van der Waals surface area contributed by atoms with Gasteiger partial charge in [0.1, 0.15) is 30.2 Å². The number of hydrogen-bond acceptors (Lipinski definition) is 20. The molecule has 1 unspecified atom stereocenters. The topological polar surface area (TPSA) is 265 Å². The van der Waals surface area contributed by atoms with Crippen molar-refractivity contribution in [3.63, 3.8) is 0 Å². The average Bonchev–Trinajstić information content (AvgIpc) is 3.87. The van der Waals surface area contributed by atoms with Crippen molar-refractivity contribution < 1.29 is 95.6 Å². The molecule has 4 saturated carbocycles. The zero-order chi connectivity index (χ0) is 46.4. The van der Waals surface area contributed by atoms with Crippen LogP contribution in [0.2, 0.25) is 0 Å². The first kappa shape index (κ1) is 44.6. The lowest BCUT2D eigenvalue weighted by Crippen LogP contribution is -2.99. The lowest BCUT2D eigenvalue weighted by Gasteiger charge is -2.78. The summed E-state index contributed by atoms with van der Waals surface area (Å²) in [6.07, 6.45) is -7.82. The van der Waals surface area contributed by atoms with E-state index in [0.717, 1.165) is 41.7 Å². The van der Waals surface area contributed by atoms with Crippen LogP contribution in [0.4, 0.5) is 0 Å². The van der Waals surface area contributed by atoms with Crippen molar-refractivity contribution in [2.24, 2.45) is 34.0 Å². The fraction of sp³-hybridized carbons (Fsp3) is 0.698. The highest BCUT2D eigenvalue weighted by Crippen LogP contribution is 2.90. The molecule has 3 aliphatic heterocycles. The van der Waals surface area contributed by atoms with E-state index in [1.54, 1.807) is 20.8 Å². The number of esters is 7. The van der Waals surface area contributed by atoms with Gasteiger partial charge in [0.05, 0.1) is 36.0 Å². The second-order valence-corrected chi connectivity index (χ2v) is 18.8. The minimum Gasteiger partial charge on any atom is -0.511 e. The summed E-state index contributed by atoms with van der Waals surface area (Å²) in [6, 6.07) is 1.44. The molecular formula is C43H52O20. The van der Waals surface area contributed by atoms with Crippen molar-refractivity contribution in [2.45, 2.75) is 141 Å². The van der Waals surface area contributed by atoms with Crippen LogP contribution in [-0.4, -0.2) is 119 Å². The quantitative estimate of drug-likeness (QED) is 0.140. The number of methoxy groups -OCH3 is 1. The van der Waals surface area contributed by atoms with Crippen molar-refractivity contribution in [2.75, 3.05) is 13.7 Å². The maximum absolute atomic E-state index is 15.2. The Balaban J connectivity index is 1.65. The van der Waals surface area contributed by atoms with E-state index in [9.17, 15) is 39.0 Å². The molecule has 2 N–H and O–H groups in total. The molecule has 7 fully saturated rings. The predicted molar refractivity (Wildman–Crippen MR) is 203 cm³/mol. The Morgan fingerprint density at radius 1 is 0.873 bits per heavy atom. The highest BCUT2D eigenvalue weighted by molar-refractivity contribution is 5.93. The molecule has 0 radical (unpaired) electrons. The highest BCUT2D eigenvalue weighted by Gasteiger charge is 3.08. The number of ether oxygens (including phenoxy) is 10. The van der Waals surface area contributed by atoms with Gasteiger partial charge in [-0.15, -0.1) is 0 Å². The highest BCUT2D eigenvalue weighted by atomic mass is 16.9. The van der Waals surface area contributed by atoms with Crippen LogP contribution in [0, 0.1) is 34.0 Å². The summed E-state index contributed by atoms with van der Waals surface area (Å²) in [5.41, 5.74) is -16.7. The van der Waals surface area contributed by atoms with Crippen molar-refractivity contribution in [1.29, 1.82) is 0 Å². The van der Waals surface area contributed by atoms with Gasteiger partial charge in [0, 0.05) is 70.8 Å². The van der Waals surface area contributed by atoms with Gasteiger partial charge in [0.15, 0.2) is 35.1 Å². The fourth-order valence-corrected chi connectivity index (χ4v) is 13.8. The Morgan fingerprint density at radius 3 is 2.05 bits per heavy atom. The van der Waals surface area contributed by atoms with Gasteiger partial charge in [0.25, 0.3) is 5.97 Å². The molecule has 344 valence electrons. The van der Waals surface area contributed by atoms with Crippen LogP contribution in [0.25, 0.3) is 0 Å². The molecule has 3 spiro atoms. The van der Waals surface area contributed by atoms with E-state index in [1.165, 1.54) is 32.4 Å². The second-order valence-electron chi connectivity index (χ2n) is 18.8. The molecule has 0 aromatic carbocycles. The van der Waals surface area contributed by atoms with Crippen LogP contribution < -0.4 is 0 Å². The lowest BCUT2D eigenvalue weighted by atomic mass is 9.31. The maximum Gasteiger partial charge on any atom is 0.338 e. The minimum absolute atomic E-state index is 0.124. The van der Waals surface area contributed by atoms with Gasteiger partial charge in [0.2, 0.25) is 0 Å². The molecule has 4 bridgehead atoms. The minimum atomic E-state index is -2.75. The second kappa shape index (κ2) is 13.7. The van der Waals surface area contributed by atoms with Gasteiger partial charge in [-0.05, 0) is 18.4 Å². The van der Waals surface area contributed by atoms with E-state index in [1.807, 2.05) is 0 Å². The number of fused-ring (bicyclic) bond motifs is 3. The molecule has 3 saturated heterocycles. The largest absolute Gasteiger partial charge is 0.511 e. The fourth-order valence-electron chi connectivity index (χ4n) is 13.8. The van der Waals surface area contributed by atoms with E-state index < -0.39 is 159 Å². The van der Waals surface area contributed by atoms with Gasteiger partial charge in [-0.25, -0.2) is 4.79 Å². The summed E-state index contributed by atoms with van der Waals surface area (Å²) in [7, 11) is 1.13. The summed E-state index contributed by atoms with van der Waals surface area (Å²) in [4.78, 5) is 96.6. The third-order valence-corrected chi connectivity index (χ3v) is 15.0. The van der Waals surface area contributed by atoms with E-state index in [-0.39, 0.29) is 12.0 Å². The average molecular weight is 889 g/mol. The number of rotatable bonds is 11. The van der Waals surface area contributed by atoms with E-state index in [4.69, 9.17) is 51.8 Å². The number of aliphatic hydroxyl groups excluding tert-OH is 1. The number of allylic oxidation sites excluding steroid dienone is 1. The Hall–Kier alpha value is -5.05. The van der Waals surface area contributed by atoms with Crippen LogP contribution in [0.15, 0.2) is 34.3 Å². The van der Waals surface area contributed by atoms with Crippen molar-refractivity contribution in [3.05, 3.63) is 35.5 Å². The Morgan fingerprint density at radius 2 is 1.51 bits per heavy atom. The first-order chi connectivity index (χ1) is 29.3. The van der Waals surface area contributed by atoms with Crippen LogP contribution in [0.1, 0.15) is 93.7 Å². The third-order valence-electron chi connectivity index (χ3n) is 15.0. The molecule has 7 aliphatic rings. The summed E-state index contributed by atoms with van der Waals surface area (Å²) in [5.74, 6) is -13.7. The number of carbonyl (C=O) groups is 7. The molecule has 15 atom stereocenters. The number of aliphatic hydroxyl groups is 2. The van der Waals surface area contributed by atoms with Gasteiger partial charge in [-0.2, -0.15) is 0 Å². The van der Waals surface area contributed by atoms with Gasteiger partial charge >= 0.3 is 41.8 Å². The summed E-state index contributed by atoms with van der Waals surface area (Å²) >= 11 is 0. The molecule has 0 amide bonds. The van der Waals surface area contributed by atoms with Crippen LogP contribution in [0.3, 0.4) is 0 Å². The van der Waals surface area contributed by atoms with Gasteiger partial charge < -0.3 is 62.0 Å². The zero-order valence-electron chi connectivity index (χ0n) is 36.7. The molecule has 8 rings (SSSR count).